The number of hydrogen-bond acceptors (Lipinski definition) is 6. The van der Waals surface area contributed by atoms with E-state index >= 15 is 0 Å². The highest BCUT2D eigenvalue weighted by Crippen LogP contribution is 2.33. The fourth-order valence-electron chi connectivity index (χ4n) is 6.26. The lowest BCUT2D eigenvalue weighted by atomic mass is 9.85. The molecule has 0 unspecified atom stereocenters. The average Bonchev–Trinajstić information content (AvgIpc) is 3.44. The van der Waals surface area contributed by atoms with Crippen molar-refractivity contribution >= 4 is 43.5 Å². The van der Waals surface area contributed by atoms with E-state index in [2.05, 4.69) is 44.0 Å². The van der Waals surface area contributed by atoms with E-state index in [1.54, 1.807) is 12.4 Å². The highest BCUT2D eigenvalue weighted by molar-refractivity contribution is 6.07. The van der Waals surface area contributed by atoms with Crippen LogP contribution >= 0.6 is 0 Å². The van der Waals surface area contributed by atoms with Crippen LogP contribution in [0.1, 0.15) is 26.3 Å². The van der Waals surface area contributed by atoms with Crippen LogP contribution in [-0.4, -0.2) is 14.5 Å². The number of benzene rings is 4. The molecule has 0 fully saturated rings. The zero-order valence-electron chi connectivity index (χ0n) is 25.8. The van der Waals surface area contributed by atoms with Crippen LogP contribution in [0.5, 0.6) is 0 Å². The molecule has 0 saturated carbocycles. The minimum Gasteiger partial charge on any atom is -0.422 e. The van der Waals surface area contributed by atoms with Gasteiger partial charge >= 0.3 is 11.3 Å². The summed E-state index contributed by atoms with van der Waals surface area (Å²) < 4.78 is 13.5. The van der Waals surface area contributed by atoms with Crippen molar-refractivity contribution in [2.75, 3.05) is 0 Å². The monoisotopic (exact) mass is 603 g/mol. The van der Waals surface area contributed by atoms with Gasteiger partial charge in [0.2, 0.25) is 0 Å². The molecule has 0 aliphatic carbocycles. The second-order valence-corrected chi connectivity index (χ2v) is 12.7. The fraction of sp³-hybridized carbons (Fsp3) is 0.128. The Morgan fingerprint density at radius 3 is 2.22 bits per heavy atom. The lowest BCUT2D eigenvalue weighted by molar-refractivity contribution is 0.563. The summed E-state index contributed by atoms with van der Waals surface area (Å²) >= 11 is 0. The maximum Gasteiger partial charge on any atom is 0.345 e. The molecule has 0 aliphatic rings. The molecule has 0 spiro atoms. The molecule has 4 aromatic carbocycles. The highest BCUT2D eigenvalue weighted by atomic mass is 16.4. The summed E-state index contributed by atoms with van der Waals surface area (Å²) in [7, 11) is 1.87. The van der Waals surface area contributed by atoms with Crippen molar-refractivity contribution in [1.29, 1.82) is 0 Å². The maximum atomic E-state index is 13.3. The summed E-state index contributed by atoms with van der Waals surface area (Å²) in [5, 5.41) is 5.63. The highest BCUT2D eigenvalue weighted by Gasteiger charge is 2.19. The second kappa shape index (κ2) is 10.1. The predicted octanol–water partition coefficient (Wildman–Crippen LogP) is 8.63. The molecule has 0 radical (unpaired) electrons. The molecule has 4 heterocycles. The van der Waals surface area contributed by atoms with Gasteiger partial charge in [0.1, 0.15) is 16.9 Å². The Hall–Kier alpha value is -5.82. The standard InChI is InChI=1S/C39H29N3O4/c1-39(2,3)25-12-13-26-23(17-25)11-16-35-28(26)19-29(37(43)45-35)31-20-40-21-32(41-31)34-15-14-33(42(34)4)30-18-24-10-9-22-7-5-6-8-27(22)36(24)46-38(30)44/h5-21H,1-4H3. The van der Waals surface area contributed by atoms with E-state index in [1.807, 2.05) is 84.4 Å². The summed E-state index contributed by atoms with van der Waals surface area (Å²) in [6.07, 6.45) is 3.21. The Balaban J connectivity index is 1.21. The zero-order chi connectivity index (χ0) is 31.7. The molecule has 0 atom stereocenters. The Bertz CT molecular complexity index is 2640. The van der Waals surface area contributed by atoms with Crippen LogP contribution in [0, 0.1) is 0 Å². The van der Waals surface area contributed by atoms with Crippen molar-refractivity contribution in [3.63, 3.8) is 0 Å². The van der Waals surface area contributed by atoms with Gasteiger partial charge in [0.25, 0.3) is 0 Å². The van der Waals surface area contributed by atoms with E-state index in [9.17, 15) is 9.59 Å². The SMILES string of the molecule is Cn1c(-c2cncc(-c3cc4c(ccc5cc(C(C)(C)C)ccc54)oc3=O)n2)ccc1-c1cc2ccc3ccccc3c2oc1=O. The van der Waals surface area contributed by atoms with Crippen LogP contribution in [0.3, 0.4) is 0 Å². The topological polar surface area (TPSA) is 91.1 Å². The maximum absolute atomic E-state index is 13.3. The summed E-state index contributed by atoms with van der Waals surface area (Å²) in [6, 6.07) is 29.5. The number of nitrogens with zero attached hydrogens (tertiary/aromatic N) is 3. The van der Waals surface area contributed by atoms with E-state index in [1.165, 1.54) is 5.56 Å². The molecule has 46 heavy (non-hydrogen) atoms. The first-order chi connectivity index (χ1) is 22.2. The number of rotatable bonds is 3. The molecule has 224 valence electrons. The van der Waals surface area contributed by atoms with Crippen molar-refractivity contribution in [3.8, 4) is 33.9 Å². The van der Waals surface area contributed by atoms with Crippen LogP contribution in [0.4, 0.5) is 0 Å². The Kier molecular flexibility index (Phi) is 6.09. The Morgan fingerprint density at radius 2 is 1.37 bits per heavy atom. The minimum absolute atomic E-state index is 0.0115. The van der Waals surface area contributed by atoms with Gasteiger partial charge in [0.15, 0.2) is 0 Å². The quantitative estimate of drug-likeness (QED) is 0.148. The second-order valence-electron chi connectivity index (χ2n) is 12.7. The third-order valence-electron chi connectivity index (χ3n) is 8.79. The molecule has 0 bridgehead atoms. The first-order valence-corrected chi connectivity index (χ1v) is 15.1. The Morgan fingerprint density at radius 1 is 0.630 bits per heavy atom. The average molecular weight is 604 g/mol. The molecule has 7 heteroatoms. The van der Waals surface area contributed by atoms with Gasteiger partial charge in [0, 0.05) is 23.2 Å². The summed E-state index contributed by atoms with van der Waals surface area (Å²) in [5.41, 5.74) is 4.54. The third-order valence-corrected chi connectivity index (χ3v) is 8.79. The number of fused-ring (bicyclic) bond motifs is 6. The van der Waals surface area contributed by atoms with E-state index in [0.29, 0.717) is 39.4 Å². The van der Waals surface area contributed by atoms with Crippen LogP contribution in [0.2, 0.25) is 0 Å². The smallest absolute Gasteiger partial charge is 0.345 e. The zero-order valence-corrected chi connectivity index (χ0v) is 25.8. The summed E-state index contributed by atoms with van der Waals surface area (Å²) in [4.78, 5) is 35.7. The normalized spacial score (nSPS) is 12.1. The molecular formula is C39H29N3O4. The summed E-state index contributed by atoms with van der Waals surface area (Å²) in [6.45, 7) is 6.56. The predicted molar refractivity (Wildman–Crippen MR) is 183 cm³/mol. The van der Waals surface area contributed by atoms with Crippen molar-refractivity contribution in [3.05, 3.63) is 130 Å². The fourth-order valence-corrected chi connectivity index (χ4v) is 6.26. The lowest BCUT2D eigenvalue weighted by Gasteiger charge is -2.19. The lowest BCUT2D eigenvalue weighted by Crippen LogP contribution is -2.10. The van der Waals surface area contributed by atoms with Crippen LogP contribution < -0.4 is 11.3 Å². The molecular weight excluding hydrogens is 574 g/mol. The third kappa shape index (κ3) is 4.43. The van der Waals surface area contributed by atoms with E-state index in [4.69, 9.17) is 13.8 Å². The number of aromatic nitrogens is 3. The van der Waals surface area contributed by atoms with E-state index < -0.39 is 11.3 Å². The van der Waals surface area contributed by atoms with Gasteiger partial charge in [-0.15, -0.1) is 0 Å². The van der Waals surface area contributed by atoms with Crippen molar-refractivity contribution in [2.24, 2.45) is 7.05 Å². The molecule has 0 amide bonds. The van der Waals surface area contributed by atoms with Crippen LogP contribution in [0.15, 0.2) is 122 Å². The van der Waals surface area contributed by atoms with Gasteiger partial charge in [-0.3, -0.25) is 4.98 Å². The van der Waals surface area contributed by atoms with Gasteiger partial charge in [-0.2, -0.15) is 0 Å². The first-order valence-electron chi connectivity index (χ1n) is 15.1. The van der Waals surface area contributed by atoms with Gasteiger partial charge in [-0.1, -0.05) is 81.4 Å². The van der Waals surface area contributed by atoms with Crippen molar-refractivity contribution in [1.82, 2.24) is 14.5 Å². The molecule has 4 aromatic heterocycles. The van der Waals surface area contributed by atoms with Crippen LogP contribution in [0.25, 0.3) is 77.4 Å². The molecule has 8 aromatic rings. The first kappa shape index (κ1) is 27.7. The summed E-state index contributed by atoms with van der Waals surface area (Å²) in [5.74, 6) is 0. The van der Waals surface area contributed by atoms with Gasteiger partial charge < -0.3 is 13.4 Å². The number of hydrogen-bond donors (Lipinski definition) is 0. The molecule has 7 nitrogen and oxygen atoms in total. The largest absolute Gasteiger partial charge is 0.422 e. The van der Waals surface area contributed by atoms with E-state index in [0.717, 1.165) is 38.0 Å². The van der Waals surface area contributed by atoms with Crippen molar-refractivity contribution in [2.45, 2.75) is 26.2 Å². The molecule has 0 aliphatic heterocycles. The van der Waals surface area contributed by atoms with Crippen LogP contribution in [-0.2, 0) is 12.5 Å². The Labute approximate surface area is 263 Å². The van der Waals surface area contributed by atoms with E-state index in [-0.39, 0.29) is 5.41 Å². The van der Waals surface area contributed by atoms with Gasteiger partial charge in [0.05, 0.1) is 40.6 Å². The van der Waals surface area contributed by atoms with Gasteiger partial charge in [-0.05, 0) is 57.5 Å². The molecule has 0 N–H and O–H groups in total. The minimum atomic E-state index is -0.488. The molecule has 8 rings (SSSR count). The van der Waals surface area contributed by atoms with Gasteiger partial charge in [-0.25, -0.2) is 14.6 Å². The molecule has 0 saturated heterocycles. The van der Waals surface area contributed by atoms with Crippen molar-refractivity contribution < 1.29 is 8.83 Å².